The summed E-state index contributed by atoms with van der Waals surface area (Å²) in [5, 5.41) is 11.9. The number of carbonyl (C=O) groups excluding carboxylic acids is 2. The molecule has 122 valence electrons. The number of anilines is 1. The van der Waals surface area contributed by atoms with E-state index in [0.29, 0.717) is 16.5 Å². The van der Waals surface area contributed by atoms with Crippen molar-refractivity contribution >= 4 is 35.2 Å². The third kappa shape index (κ3) is 4.73. The minimum Gasteiger partial charge on any atom is -0.465 e. The highest BCUT2D eigenvalue weighted by molar-refractivity contribution is 6.33. The molecule has 0 spiro atoms. The highest BCUT2D eigenvalue weighted by atomic mass is 35.5. The van der Waals surface area contributed by atoms with Gasteiger partial charge in [0.05, 0.1) is 17.0 Å². The van der Waals surface area contributed by atoms with Crippen LogP contribution in [0.25, 0.3) is 6.08 Å². The zero-order chi connectivity index (χ0) is 17.5. The van der Waals surface area contributed by atoms with Gasteiger partial charge in [0.2, 0.25) is 0 Å². The average Bonchev–Trinajstić information content (AvgIpc) is 3.06. The van der Waals surface area contributed by atoms with E-state index in [4.69, 9.17) is 26.0 Å². The van der Waals surface area contributed by atoms with E-state index in [1.54, 1.807) is 36.4 Å². The van der Waals surface area contributed by atoms with Gasteiger partial charge in [-0.15, -0.1) is 0 Å². The van der Waals surface area contributed by atoms with Gasteiger partial charge in [-0.2, -0.15) is 5.26 Å². The molecule has 0 fully saturated rings. The largest absolute Gasteiger partial charge is 0.465 e. The number of nitriles is 1. The second kappa shape index (κ2) is 7.99. The molecular formula is C17H13ClN2O4. The zero-order valence-electron chi connectivity index (χ0n) is 12.7. The summed E-state index contributed by atoms with van der Waals surface area (Å²) in [5.41, 5.74) is 1.09. The fourth-order valence-corrected chi connectivity index (χ4v) is 2.05. The van der Waals surface area contributed by atoms with E-state index in [1.165, 1.54) is 12.3 Å². The number of furan rings is 1. The van der Waals surface area contributed by atoms with Crippen molar-refractivity contribution < 1.29 is 18.7 Å². The van der Waals surface area contributed by atoms with Crippen molar-refractivity contribution in [3.8, 4) is 6.07 Å². The molecule has 1 N–H and O–H groups in total. The van der Waals surface area contributed by atoms with Crippen LogP contribution in [0.15, 0.2) is 46.6 Å². The molecule has 0 saturated carbocycles. The smallest absolute Gasteiger partial charge is 0.349 e. The Kier molecular flexibility index (Phi) is 5.77. The van der Waals surface area contributed by atoms with Gasteiger partial charge in [0.15, 0.2) is 6.61 Å². The van der Waals surface area contributed by atoms with Crippen molar-refractivity contribution in [1.82, 2.24) is 0 Å². The highest BCUT2D eigenvalue weighted by Gasteiger charge is 2.14. The Morgan fingerprint density at radius 3 is 2.83 bits per heavy atom. The molecule has 0 bridgehead atoms. The molecule has 0 unspecified atom stereocenters. The first-order valence-corrected chi connectivity index (χ1v) is 7.26. The fraction of sp³-hybridized carbons (Fsp3) is 0.118. The number of ether oxygens (including phenoxy) is 1. The first-order chi connectivity index (χ1) is 11.5. The van der Waals surface area contributed by atoms with E-state index in [9.17, 15) is 9.59 Å². The van der Waals surface area contributed by atoms with Crippen LogP contribution in [0.2, 0.25) is 5.02 Å². The zero-order valence-corrected chi connectivity index (χ0v) is 13.5. The Balaban J connectivity index is 1.93. The Labute approximate surface area is 143 Å². The lowest BCUT2D eigenvalue weighted by Crippen LogP contribution is -2.21. The van der Waals surface area contributed by atoms with E-state index in [-0.39, 0.29) is 5.57 Å². The molecular weight excluding hydrogens is 332 g/mol. The van der Waals surface area contributed by atoms with Crippen LogP contribution in [-0.2, 0) is 14.3 Å². The molecule has 0 radical (unpaired) electrons. The Morgan fingerprint density at radius 1 is 1.42 bits per heavy atom. The average molecular weight is 345 g/mol. The maximum atomic E-state index is 11.8. The van der Waals surface area contributed by atoms with Crippen LogP contribution in [0.1, 0.15) is 11.3 Å². The van der Waals surface area contributed by atoms with Crippen LogP contribution in [-0.4, -0.2) is 18.5 Å². The van der Waals surface area contributed by atoms with Crippen LogP contribution in [0.3, 0.4) is 0 Å². The van der Waals surface area contributed by atoms with E-state index < -0.39 is 18.5 Å². The molecule has 1 aromatic heterocycles. The van der Waals surface area contributed by atoms with Crippen molar-refractivity contribution in [3.05, 3.63) is 58.5 Å². The molecule has 0 aliphatic rings. The molecule has 1 amide bonds. The van der Waals surface area contributed by atoms with Gasteiger partial charge >= 0.3 is 5.97 Å². The number of rotatable bonds is 5. The third-order valence-corrected chi connectivity index (χ3v) is 3.22. The van der Waals surface area contributed by atoms with Gasteiger partial charge in [0, 0.05) is 6.08 Å². The molecule has 6 nitrogen and oxygen atoms in total. The number of hydrogen-bond acceptors (Lipinski definition) is 5. The summed E-state index contributed by atoms with van der Waals surface area (Å²) in [6.45, 7) is 1.33. The monoisotopic (exact) mass is 344 g/mol. The van der Waals surface area contributed by atoms with Crippen molar-refractivity contribution in [2.45, 2.75) is 6.92 Å². The number of halogens is 1. The standard InChI is InChI=1S/C17H13ClN2O4/c1-11-4-5-15(14(18)7-11)20-16(21)10-24-17(22)12(9-19)8-13-3-2-6-23-13/h2-8H,10H2,1H3,(H,20,21)/b12-8+. The number of hydrogen-bond donors (Lipinski definition) is 1. The highest BCUT2D eigenvalue weighted by Crippen LogP contribution is 2.22. The molecule has 7 heteroatoms. The summed E-state index contributed by atoms with van der Waals surface area (Å²) in [6.07, 6.45) is 2.64. The van der Waals surface area contributed by atoms with E-state index in [2.05, 4.69) is 5.32 Å². The van der Waals surface area contributed by atoms with Crippen LogP contribution in [0, 0.1) is 18.3 Å². The maximum Gasteiger partial charge on any atom is 0.349 e. The summed E-state index contributed by atoms with van der Waals surface area (Å²) < 4.78 is 9.83. The Bertz CT molecular complexity index is 820. The van der Waals surface area contributed by atoms with Crippen molar-refractivity contribution in [3.63, 3.8) is 0 Å². The van der Waals surface area contributed by atoms with Crippen LogP contribution < -0.4 is 5.32 Å². The molecule has 0 aliphatic heterocycles. The van der Waals surface area contributed by atoms with E-state index in [0.717, 1.165) is 5.56 Å². The summed E-state index contributed by atoms with van der Waals surface area (Å²) in [6, 6.07) is 10.0. The number of benzene rings is 1. The van der Waals surface area contributed by atoms with Gasteiger partial charge in [-0.05, 0) is 36.8 Å². The summed E-state index contributed by atoms with van der Waals surface area (Å²) in [7, 11) is 0. The lowest BCUT2D eigenvalue weighted by Gasteiger charge is -2.08. The predicted molar refractivity (Wildman–Crippen MR) is 88.1 cm³/mol. The molecule has 2 rings (SSSR count). The van der Waals surface area contributed by atoms with Gasteiger partial charge in [-0.25, -0.2) is 4.79 Å². The number of aryl methyl sites for hydroxylation is 1. The first kappa shape index (κ1) is 17.3. The number of nitrogens with zero attached hydrogens (tertiary/aromatic N) is 1. The lowest BCUT2D eigenvalue weighted by atomic mass is 10.2. The predicted octanol–water partition coefficient (Wildman–Crippen LogP) is 3.33. The van der Waals surface area contributed by atoms with E-state index >= 15 is 0 Å². The van der Waals surface area contributed by atoms with Crippen LogP contribution in [0.5, 0.6) is 0 Å². The minimum atomic E-state index is -0.918. The minimum absolute atomic E-state index is 0.272. The SMILES string of the molecule is Cc1ccc(NC(=O)COC(=O)/C(C#N)=C/c2ccco2)c(Cl)c1. The van der Waals surface area contributed by atoms with Crippen molar-refractivity contribution in [2.75, 3.05) is 11.9 Å². The normalized spacial score (nSPS) is 10.8. The number of nitrogens with one attached hydrogen (secondary N) is 1. The van der Waals surface area contributed by atoms with Crippen LogP contribution in [0.4, 0.5) is 5.69 Å². The van der Waals surface area contributed by atoms with Gasteiger partial charge in [0.25, 0.3) is 5.91 Å². The lowest BCUT2D eigenvalue weighted by molar-refractivity contribution is -0.142. The second-order valence-electron chi connectivity index (χ2n) is 4.79. The molecule has 2 aromatic rings. The molecule has 0 aliphatic carbocycles. The summed E-state index contributed by atoms with van der Waals surface area (Å²) in [5.74, 6) is -1.15. The molecule has 24 heavy (non-hydrogen) atoms. The van der Waals surface area contributed by atoms with Gasteiger partial charge in [-0.3, -0.25) is 4.79 Å². The number of esters is 1. The number of amides is 1. The Hall–Kier alpha value is -3.04. The summed E-state index contributed by atoms with van der Waals surface area (Å²) >= 11 is 6.00. The first-order valence-electron chi connectivity index (χ1n) is 6.88. The summed E-state index contributed by atoms with van der Waals surface area (Å²) in [4.78, 5) is 23.6. The second-order valence-corrected chi connectivity index (χ2v) is 5.20. The number of carbonyl (C=O) groups is 2. The quantitative estimate of drug-likeness (QED) is 0.510. The van der Waals surface area contributed by atoms with Crippen molar-refractivity contribution in [2.24, 2.45) is 0 Å². The molecule has 1 heterocycles. The van der Waals surface area contributed by atoms with Crippen molar-refractivity contribution in [1.29, 1.82) is 5.26 Å². The fourth-order valence-electron chi connectivity index (χ4n) is 1.77. The maximum absolute atomic E-state index is 11.8. The third-order valence-electron chi connectivity index (χ3n) is 2.90. The van der Waals surface area contributed by atoms with Gasteiger partial charge in [-0.1, -0.05) is 17.7 Å². The van der Waals surface area contributed by atoms with Gasteiger partial charge in [0.1, 0.15) is 17.4 Å². The van der Waals surface area contributed by atoms with Crippen LogP contribution >= 0.6 is 11.6 Å². The van der Waals surface area contributed by atoms with E-state index in [1.807, 2.05) is 6.92 Å². The Morgan fingerprint density at radius 2 is 2.21 bits per heavy atom. The molecule has 0 saturated heterocycles. The molecule has 0 atom stereocenters. The topological polar surface area (TPSA) is 92.3 Å². The van der Waals surface area contributed by atoms with Gasteiger partial charge < -0.3 is 14.5 Å². The molecule has 1 aromatic carbocycles.